The second kappa shape index (κ2) is 7.08. The molecule has 0 radical (unpaired) electrons. The van der Waals surface area contributed by atoms with E-state index in [0.29, 0.717) is 18.5 Å². The number of hydrogen-bond acceptors (Lipinski definition) is 4. The van der Waals surface area contributed by atoms with Crippen LogP contribution in [0.3, 0.4) is 0 Å². The van der Waals surface area contributed by atoms with Crippen LogP contribution in [0.5, 0.6) is 0 Å². The van der Waals surface area contributed by atoms with Crippen molar-refractivity contribution in [2.24, 2.45) is 17.9 Å². The molecule has 1 aromatic heterocycles. The maximum absolute atomic E-state index is 5.50. The minimum atomic E-state index is 0.498. The van der Waals surface area contributed by atoms with Crippen LogP contribution < -0.4 is 16.6 Å². The Morgan fingerprint density at radius 3 is 2.89 bits per heavy atom. The molecule has 0 saturated heterocycles. The summed E-state index contributed by atoms with van der Waals surface area (Å²) in [5.74, 6) is 7.11. The number of hydrogen-bond donors (Lipinski definition) is 3. The molecule has 2 rings (SSSR count). The van der Waals surface area contributed by atoms with Crippen LogP contribution in [0, 0.1) is 0 Å². The minimum Gasteiger partial charge on any atom is -0.353 e. The van der Waals surface area contributed by atoms with E-state index < -0.39 is 0 Å². The Balaban J connectivity index is 1.79. The summed E-state index contributed by atoms with van der Waals surface area (Å²) in [4.78, 5) is 4.44. The van der Waals surface area contributed by atoms with Gasteiger partial charge in [-0.2, -0.15) is 0 Å². The molecule has 1 fully saturated rings. The van der Waals surface area contributed by atoms with Gasteiger partial charge in [-0.3, -0.25) is 10.4 Å². The quantitative estimate of drug-likeness (QED) is 0.311. The van der Waals surface area contributed by atoms with Gasteiger partial charge in [0.15, 0.2) is 0 Å². The molecular weight excluding hydrogens is 242 g/mol. The van der Waals surface area contributed by atoms with E-state index in [1.165, 1.54) is 32.1 Å². The fourth-order valence-electron chi connectivity index (χ4n) is 2.37. The van der Waals surface area contributed by atoms with Gasteiger partial charge in [0.1, 0.15) is 12.2 Å². The molecule has 0 spiro atoms. The molecule has 0 unspecified atom stereocenters. The van der Waals surface area contributed by atoms with Crippen LogP contribution in [0.15, 0.2) is 11.3 Å². The molecule has 0 amide bonds. The van der Waals surface area contributed by atoms with Gasteiger partial charge in [-0.05, 0) is 12.8 Å². The second-order valence-electron chi connectivity index (χ2n) is 4.96. The van der Waals surface area contributed by atoms with Crippen LogP contribution in [0.25, 0.3) is 0 Å². The largest absolute Gasteiger partial charge is 0.353 e. The van der Waals surface area contributed by atoms with Gasteiger partial charge in [0.05, 0.1) is 0 Å². The summed E-state index contributed by atoms with van der Waals surface area (Å²) in [5, 5.41) is 11.2. The van der Waals surface area contributed by atoms with E-state index in [4.69, 9.17) is 5.84 Å². The lowest BCUT2D eigenvalue weighted by Gasteiger charge is -2.24. The first-order valence-electron chi connectivity index (χ1n) is 6.90. The normalized spacial score (nSPS) is 17.5. The van der Waals surface area contributed by atoms with Crippen molar-refractivity contribution in [1.82, 2.24) is 25.5 Å². The molecule has 0 atom stereocenters. The first-order valence-corrected chi connectivity index (χ1v) is 6.90. The molecular formula is C12H23N7. The predicted molar refractivity (Wildman–Crippen MR) is 74.3 cm³/mol. The van der Waals surface area contributed by atoms with E-state index in [2.05, 4.69) is 25.9 Å². The van der Waals surface area contributed by atoms with Crippen molar-refractivity contribution < 1.29 is 0 Å². The Hall–Kier alpha value is -1.63. The van der Waals surface area contributed by atoms with E-state index in [1.54, 1.807) is 6.33 Å². The molecule has 7 nitrogen and oxygen atoms in total. The smallest absolute Gasteiger partial charge is 0.205 e. The van der Waals surface area contributed by atoms with Gasteiger partial charge in [-0.1, -0.05) is 19.3 Å². The highest BCUT2D eigenvalue weighted by Gasteiger charge is 2.14. The molecule has 1 heterocycles. The monoisotopic (exact) mass is 265 g/mol. The van der Waals surface area contributed by atoms with Gasteiger partial charge in [0.2, 0.25) is 5.96 Å². The Morgan fingerprint density at radius 2 is 2.26 bits per heavy atom. The lowest BCUT2D eigenvalue weighted by Crippen LogP contribution is -2.47. The van der Waals surface area contributed by atoms with Gasteiger partial charge in [0, 0.05) is 26.1 Å². The molecule has 1 saturated carbocycles. The lowest BCUT2D eigenvalue weighted by molar-refractivity contribution is 0.410. The van der Waals surface area contributed by atoms with Gasteiger partial charge in [-0.25, -0.2) is 5.84 Å². The molecule has 7 heteroatoms. The van der Waals surface area contributed by atoms with Crippen molar-refractivity contribution in [2.45, 2.75) is 44.6 Å². The first-order chi connectivity index (χ1) is 9.29. The highest BCUT2D eigenvalue weighted by atomic mass is 15.3. The van der Waals surface area contributed by atoms with E-state index in [1.807, 2.05) is 11.6 Å². The summed E-state index contributed by atoms with van der Waals surface area (Å²) in [5.41, 5.74) is 2.64. The van der Waals surface area contributed by atoms with E-state index in [0.717, 1.165) is 12.2 Å². The summed E-state index contributed by atoms with van der Waals surface area (Å²) in [6.45, 7) is 0.645. The van der Waals surface area contributed by atoms with Crippen LogP contribution >= 0.6 is 0 Å². The topological polar surface area (TPSA) is 93.2 Å². The molecule has 0 aliphatic heterocycles. The summed E-state index contributed by atoms with van der Waals surface area (Å²) < 4.78 is 1.90. The molecule has 4 N–H and O–H groups in total. The van der Waals surface area contributed by atoms with E-state index in [9.17, 15) is 0 Å². The third kappa shape index (κ3) is 4.20. The molecule has 1 aromatic rings. The van der Waals surface area contributed by atoms with Crippen molar-refractivity contribution in [2.75, 3.05) is 6.54 Å². The number of nitrogens with one attached hydrogen (secondary N) is 2. The Labute approximate surface area is 113 Å². The first kappa shape index (κ1) is 13.8. The van der Waals surface area contributed by atoms with Crippen LogP contribution in [0.1, 0.15) is 37.9 Å². The van der Waals surface area contributed by atoms with E-state index >= 15 is 0 Å². The van der Waals surface area contributed by atoms with Crippen LogP contribution in [0.4, 0.5) is 0 Å². The minimum absolute atomic E-state index is 0.498. The van der Waals surface area contributed by atoms with Gasteiger partial charge in [0.25, 0.3) is 0 Å². The third-order valence-corrected chi connectivity index (χ3v) is 3.49. The standard InChI is InChI=1S/C12H23N7/c1-19-9-15-18-11(19)7-8-14-12(17-13)16-10-5-3-2-4-6-10/h9-10H,2-8,13H2,1H3,(H2,14,16,17). The van der Waals surface area contributed by atoms with Gasteiger partial charge >= 0.3 is 0 Å². The Kier molecular flexibility index (Phi) is 5.14. The zero-order chi connectivity index (χ0) is 13.5. The molecule has 1 aliphatic carbocycles. The van der Waals surface area contributed by atoms with Crippen LogP contribution in [-0.4, -0.2) is 33.3 Å². The number of guanidine groups is 1. The number of aliphatic imine (C=N–C) groups is 1. The summed E-state index contributed by atoms with van der Waals surface area (Å²) >= 11 is 0. The predicted octanol–water partition coefficient (Wildman–Crippen LogP) is 0.0992. The zero-order valence-corrected chi connectivity index (χ0v) is 11.5. The number of aromatic nitrogens is 3. The maximum Gasteiger partial charge on any atom is 0.205 e. The summed E-state index contributed by atoms with van der Waals surface area (Å²) in [7, 11) is 1.93. The number of nitrogens with zero attached hydrogens (tertiary/aromatic N) is 4. The molecule has 1 aliphatic rings. The average molecular weight is 265 g/mol. The van der Waals surface area contributed by atoms with Gasteiger partial charge in [-0.15, -0.1) is 10.2 Å². The number of nitrogens with two attached hydrogens (primary N) is 1. The van der Waals surface area contributed by atoms with Crippen molar-refractivity contribution in [3.05, 3.63) is 12.2 Å². The van der Waals surface area contributed by atoms with Crippen molar-refractivity contribution in [3.63, 3.8) is 0 Å². The van der Waals surface area contributed by atoms with E-state index in [-0.39, 0.29) is 0 Å². The molecule has 19 heavy (non-hydrogen) atoms. The lowest BCUT2D eigenvalue weighted by atomic mass is 9.96. The fraction of sp³-hybridized carbons (Fsp3) is 0.750. The zero-order valence-electron chi connectivity index (χ0n) is 11.5. The SMILES string of the molecule is Cn1cnnc1CCN=C(NN)NC1CCCCC1. The fourth-order valence-corrected chi connectivity index (χ4v) is 2.37. The van der Waals surface area contributed by atoms with Crippen molar-refractivity contribution in [1.29, 1.82) is 0 Å². The molecule has 0 bridgehead atoms. The maximum atomic E-state index is 5.50. The third-order valence-electron chi connectivity index (χ3n) is 3.49. The Morgan fingerprint density at radius 1 is 1.47 bits per heavy atom. The average Bonchev–Trinajstić information content (AvgIpc) is 2.84. The summed E-state index contributed by atoms with van der Waals surface area (Å²) in [6, 6.07) is 0.498. The van der Waals surface area contributed by atoms with Crippen LogP contribution in [-0.2, 0) is 13.5 Å². The molecule has 0 aromatic carbocycles. The highest BCUT2D eigenvalue weighted by Crippen LogP contribution is 2.17. The number of hydrazine groups is 1. The molecule has 106 valence electrons. The van der Waals surface area contributed by atoms with Crippen LogP contribution in [0.2, 0.25) is 0 Å². The van der Waals surface area contributed by atoms with Crippen molar-refractivity contribution >= 4 is 5.96 Å². The van der Waals surface area contributed by atoms with Crippen molar-refractivity contribution in [3.8, 4) is 0 Å². The number of aryl methyl sites for hydroxylation is 1. The second-order valence-corrected chi connectivity index (χ2v) is 4.96. The number of rotatable bonds is 4. The highest BCUT2D eigenvalue weighted by molar-refractivity contribution is 5.79. The Bertz CT molecular complexity index is 406. The summed E-state index contributed by atoms with van der Waals surface area (Å²) in [6.07, 6.45) is 8.76. The van der Waals surface area contributed by atoms with Gasteiger partial charge < -0.3 is 9.88 Å².